The van der Waals surface area contributed by atoms with Crippen LogP contribution in [0.4, 0.5) is 5.69 Å². The van der Waals surface area contributed by atoms with Crippen molar-refractivity contribution in [1.82, 2.24) is 5.32 Å². The van der Waals surface area contributed by atoms with Crippen LogP contribution in [0, 0.1) is 5.41 Å². The second-order valence-corrected chi connectivity index (χ2v) is 7.58. The van der Waals surface area contributed by atoms with Gasteiger partial charge in [-0.2, -0.15) is 0 Å². The molecule has 0 amide bonds. The van der Waals surface area contributed by atoms with Gasteiger partial charge in [0, 0.05) is 31.4 Å². The van der Waals surface area contributed by atoms with Gasteiger partial charge in [0.1, 0.15) is 0 Å². The smallest absolute Gasteiger partial charge is 0.0574 e. The predicted molar refractivity (Wildman–Crippen MR) is 92.3 cm³/mol. The highest BCUT2D eigenvalue weighted by Crippen LogP contribution is 2.39. The summed E-state index contributed by atoms with van der Waals surface area (Å²) in [5.41, 5.74) is 3.18. The van der Waals surface area contributed by atoms with Gasteiger partial charge in [-0.25, -0.2) is 0 Å². The third-order valence-electron chi connectivity index (χ3n) is 5.62. The molecule has 2 fully saturated rings. The SMILES string of the molecule is CC(NCC1(C)CCC1)c1ccc(N2CCC(O)CC2)cc1. The molecule has 122 valence electrons. The minimum atomic E-state index is -0.104. The molecule has 1 atom stereocenters. The number of rotatable bonds is 5. The van der Waals surface area contributed by atoms with Crippen LogP contribution < -0.4 is 10.2 Å². The second-order valence-electron chi connectivity index (χ2n) is 7.58. The van der Waals surface area contributed by atoms with Crippen LogP contribution in [0.3, 0.4) is 0 Å². The van der Waals surface area contributed by atoms with Crippen LogP contribution in [-0.4, -0.2) is 30.8 Å². The van der Waals surface area contributed by atoms with E-state index in [0.717, 1.165) is 32.5 Å². The van der Waals surface area contributed by atoms with E-state index in [-0.39, 0.29) is 6.10 Å². The summed E-state index contributed by atoms with van der Waals surface area (Å²) in [6, 6.07) is 9.38. The average molecular weight is 302 g/mol. The first-order chi connectivity index (χ1) is 10.6. The molecule has 1 saturated carbocycles. The molecule has 0 bridgehead atoms. The maximum atomic E-state index is 9.61. The van der Waals surface area contributed by atoms with Crippen molar-refractivity contribution in [1.29, 1.82) is 0 Å². The van der Waals surface area contributed by atoms with Crippen LogP contribution in [0.2, 0.25) is 0 Å². The van der Waals surface area contributed by atoms with Crippen LogP contribution in [0.15, 0.2) is 24.3 Å². The molecule has 0 aromatic heterocycles. The van der Waals surface area contributed by atoms with E-state index in [9.17, 15) is 5.11 Å². The first-order valence-electron chi connectivity index (χ1n) is 8.82. The summed E-state index contributed by atoms with van der Waals surface area (Å²) in [5, 5.41) is 13.3. The monoisotopic (exact) mass is 302 g/mol. The molecule has 22 heavy (non-hydrogen) atoms. The van der Waals surface area contributed by atoms with Crippen molar-refractivity contribution in [2.24, 2.45) is 5.41 Å². The van der Waals surface area contributed by atoms with Gasteiger partial charge in [-0.15, -0.1) is 0 Å². The van der Waals surface area contributed by atoms with Gasteiger partial charge >= 0.3 is 0 Å². The van der Waals surface area contributed by atoms with E-state index in [2.05, 4.69) is 48.3 Å². The van der Waals surface area contributed by atoms with Crippen molar-refractivity contribution in [3.63, 3.8) is 0 Å². The molecular weight excluding hydrogens is 272 g/mol. The Morgan fingerprint density at radius 2 is 1.86 bits per heavy atom. The van der Waals surface area contributed by atoms with E-state index in [1.165, 1.54) is 30.5 Å². The lowest BCUT2D eigenvalue weighted by Gasteiger charge is -2.39. The fourth-order valence-corrected chi connectivity index (χ4v) is 3.57. The molecular formula is C19H30N2O. The van der Waals surface area contributed by atoms with E-state index in [1.54, 1.807) is 0 Å². The van der Waals surface area contributed by atoms with Gasteiger partial charge < -0.3 is 15.3 Å². The third-order valence-corrected chi connectivity index (χ3v) is 5.62. The summed E-state index contributed by atoms with van der Waals surface area (Å²) >= 11 is 0. The van der Waals surface area contributed by atoms with E-state index in [0.29, 0.717) is 11.5 Å². The quantitative estimate of drug-likeness (QED) is 0.874. The third kappa shape index (κ3) is 3.64. The van der Waals surface area contributed by atoms with E-state index in [1.807, 2.05) is 0 Å². The highest BCUT2D eigenvalue weighted by molar-refractivity contribution is 5.48. The molecule has 1 aliphatic carbocycles. The Balaban J connectivity index is 1.54. The van der Waals surface area contributed by atoms with Gasteiger partial charge in [0.05, 0.1) is 6.10 Å². The Hall–Kier alpha value is -1.06. The van der Waals surface area contributed by atoms with Crippen molar-refractivity contribution in [2.75, 3.05) is 24.5 Å². The molecule has 1 aromatic carbocycles. The second kappa shape index (κ2) is 6.59. The maximum absolute atomic E-state index is 9.61. The zero-order valence-electron chi connectivity index (χ0n) is 14.0. The van der Waals surface area contributed by atoms with Crippen molar-refractivity contribution in [3.05, 3.63) is 29.8 Å². The normalized spacial score (nSPS) is 23.1. The van der Waals surface area contributed by atoms with Crippen molar-refractivity contribution in [2.45, 2.75) is 58.1 Å². The van der Waals surface area contributed by atoms with Gasteiger partial charge in [0.2, 0.25) is 0 Å². The van der Waals surface area contributed by atoms with Gasteiger partial charge in [0.15, 0.2) is 0 Å². The minimum Gasteiger partial charge on any atom is -0.393 e. The molecule has 1 aromatic rings. The summed E-state index contributed by atoms with van der Waals surface area (Å²) in [5.74, 6) is 0. The zero-order chi connectivity index (χ0) is 15.6. The van der Waals surface area contributed by atoms with E-state index < -0.39 is 0 Å². The van der Waals surface area contributed by atoms with Gasteiger partial charge in [-0.1, -0.05) is 25.5 Å². The van der Waals surface area contributed by atoms with Crippen molar-refractivity contribution < 1.29 is 5.11 Å². The maximum Gasteiger partial charge on any atom is 0.0574 e. The van der Waals surface area contributed by atoms with Crippen LogP contribution in [0.25, 0.3) is 0 Å². The Labute approximate surface area is 134 Å². The molecule has 2 aliphatic rings. The fourth-order valence-electron chi connectivity index (χ4n) is 3.57. The highest BCUT2D eigenvalue weighted by Gasteiger charge is 2.31. The topological polar surface area (TPSA) is 35.5 Å². The number of piperidine rings is 1. The Morgan fingerprint density at radius 3 is 2.41 bits per heavy atom. The number of anilines is 1. The summed E-state index contributed by atoms with van der Waals surface area (Å²) < 4.78 is 0. The summed E-state index contributed by atoms with van der Waals surface area (Å²) in [4.78, 5) is 2.38. The molecule has 1 aliphatic heterocycles. The van der Waals surface area contributed by atoms with Crippen LogP contribution >= 0.6 is 0 Å². The number of hydrogen-bond acceptors (Lipinski definition) is 3. The summed E-state index contributed by atoms with van der Waals surface area (Å²) in [6.07, 6.45) is 5.80. The Morgan fingerprint density at radius 1 is 1.23 bits per heavy atom. The minimum absolute atomic E-state index is 0.104. The molecule has 1 unspecified atom stereocenters. The predicted octanol–water partition coefficient (Wildman–Crippen LogP) is 3.49. The van der Waals surface area contributed by atoms with E-state index in [4.69, 9.17) is 0 Å². The van der Waals surface area contributed by atoms with Crippen LogP contribution in [-0.2, 0) is 0 Å². The highest BCUT2D eigenvalue weighted by atomic mass is 16.3. The molecule has 1 heterocycles. The van der Waals surface area contributed by atoms with Gasteiger partial charge in [0.25, 0.3) is 0 Å². The van der Waals surface area contributed by atoms with Crippen LogP contribution in [0.5, 0.6) is 0 Å². The number of aliphatic hydroxyl groups is 1. The molecule has 2 N–H and O–H groups in total. The van der Waals surface area contributed by atoms with Gasteiger partial charge in [-0.05, 0) is 55.7 Å². The van der Waals surface area contributed by atoms with E-state index >= 15 is 0 Å². The summed E-state index contributed by atoms with van der Waals surface area (Å²) in [6.45, 7) is 7.71. The number of hydrogen-bond donors (Lipinski definition) is 2. The average Bonchev–Trinajstić information content (AvgIpc) is 2.52. The lowest BCUT2D eigenvalue weighted by Crippen LogP contribution is -2.38. The molecule has 3 heteroatoms. The number of aliphatic hydroxyl groups excluding tert-OH is 1. The molecule has 0 radical (unpaired) electrons. The molecule has 3 nitrogen and oxygen atoms in total. The van der Waals surface area contributed by atoms with Crippen molar-refractivity contribution >= 4 is 5.69 Å². The fraction of sp³-hybridized carbons (Fsp3) is 0.684. The first kappa shape index (κ1) is 15.8. The lowest BCUT2D eigenvalue weighted by atomic mass is 9.70. The molecule has 1 saturated heterocycles. The number of benzene rings is 1. The Bertz CT molecular complexity index is 473. The Kier molecular flexibility index (Phi) is 4.74. The molecule has 3 rings (SSSR count). The number of nitrogens with zero attached hydrogens (tertiary/aromatic N) is 1. The molecule has 0 spiro atoms. The first-order valence-corrected chi connectivity index (χ1v) is 8.82. The zero-order valence-corrected chi connectivity index (χ0v) is 14.0. The van der Waals surface area contributed by atoms with Gasteiger partial charge in [-0.3, -0.25) is 0 Å². The van der Waals surface area contributed by atoms with Crippen molar-refractivity contribution in [3.8, 4) is 0 Å². The summed E-state index contributed by atoms with van der Waals surface area (Å²) in [7, 11) is 0. The largest absolute Gasteiger partial charge is 0.393 e. The number of nitrogens with one attached hydrogen (secondary N) is 1. The lowest BCUT2D eigenvalue weighted by molar-refractivity contribution is 0.145. The standard InChI is InChI=1S/C19H30N2O/c1-15(20-14-19(2)10-3-11-19)16-4-6-17(7-5-16)21-12-8-18(22)9-13-21/h4-7,15,18,20,22H,3,8-14H2,1-2H3. The van der Waals surface area contributed by atoms with Crippen LogP contribution in [0.1, 0.15) is 57.6 Å².